The van der Waals surface area contributed by atoms with Gasteiger partial charge in [-0.2, -0.15) is 4.31 Å². The molecule has 0 radical (unpaired) electrons. The van der Waals surface area contributed by atoms with E-state index >= 15 is 0 Å². The molecule has 1 aliphatic rings. The average Bonchev–Trinajstić information content (AvgIpc) is 2.68. The number of carbonyl (C=O) groups is 1. The molecule has 2 amide bonds. The van der Waals surface area contributed by atoms with Gasteiger partial charge in [-0.05, 0) is 61.4 Å². The zero-order valence-corrected chi connectivity index (χ0v) is 18.0. The van der Waals surface area contributed by atoms with E-state index in [0.29, 0.717) is 31.9 Å². The number of urea groups is 1. The minimum Gasteiger partial charge on any atom is -0.369 e. The van der Waals surface area contributed by atoms with E-state index in [1.165, 1.54) is 16.4 Å². The number of hydrogen-bond donors (Lipinski definition) is 2. The van der Waals surface area contributed by atoms with E-state index in [9.17, 15) is 17.6 Å². The Morgan fingerprint density at radius 3 is 2.20 bits per heavy atom. The van der Waals surface area contributed by atoms with E-state index in [2.05, 4.69) is 10.6 Å². The fraction of sp³-hybridized carbons (Fsp3) is 0.381. The van der Waals surface area contributed by atoms with Gasteiger partial charge in [0.1, 0.15) is 5.82 Å². The normalized spacial score (nSPS) is 15.1. The molecule has 0 saturated carbocycles. The molecule has 0 unspecified atom stereocenters. The summed E-state index contributed by atoms with van der Waals surface area (Å²) in [6.07, 6.45) is 0. The molecule has 9 heteroatoms. The van der Waals surface area contributed by atoms with Crippen molar-refractivity contribution in [3.05, 3.63) is 59.4 Å². The summed E-state index contributed by atoms with van der Waals surface area (Å²) in [5.41, 5.74) is 3.61. The Balaban J connectivity index is 1.45. The molecule has 1 aliphatic heterocycles. The summed E-state index contributed by atoms with van der Waals surface area (Å²) < 4.78 is 39.7. The van der Waals surface area contributed by atoms with Crippen molar-refractivity contribution < 1.29 is 17.6 Å². The lowest BCUT2D eigenvalue weighted by Gasteiger charge is -2.35. The third-order valence-electron chi connectivity index (χ3n) is 4.95. The van der Waals surface area contributed by atoms with Gasteiger partial charge in [0.05, 0.1) is 5.75 Å². The minimum absolute atomic E-state index is 0.0249. The minimum atomic E-state index is -3.47. The predicted molar refractivity (Wildman–Crippen MR) is 117 cm³/mol. The van der Waals surface area contributed by atoms with Gasteiger partial charge in [0.25, 0.3) is 0 Å². The lowest BCUT2D eigenvalue weighted by molar-refractivity contribution is 0.252. The highest BCUT2D eigenvalue weighted by molar-refractivity contribution is 7.89. The maximum atomic E-state index is 13.1. The fourth-order valence-corrected chi connectivity index (χ4v) is 4.86. The third-order valence-corrected chi connectivity index (χ3v) is 6.82. The number of halogens is 1. The lowest BCUT2D eigenvalue weighted by atomic mass is 10.1. The van der Waals surface area contributed by atoms with Crippen LogP contribution < -0.4 is 15.5 Å². The summed E-state index contributed by atoms with van der Waals surface area (Å²) >= 11 is 0. The summed E-state index contributed by atoms with van der Waals surface area (Å²) in [4.78, 5) is 14.1. The van der Waals surface area contributed by atoms with Crippen molar-refractivity contribution in [2.45, 2.75) is 13.8 Å². The molecule has 162 valence electrons. The summed E-state index contributed by atoms with van der Waals surface area (Å²) in [5, 5.41) is 5.33. The Bertz CT molecular complexity index is 968. The molecule has 0 bridgehead atoms. The first-order chi connectivity index (χ1) is 14.2. The molecule has 2 aromatic rings. The summed E-state index contributed by atoms with van der Waals surface area (Å²) in [6, 6.07) is 11.5. The highest BCUT2D eigenvalue weighted by atomic mass is 32.2. The van der Waals surface area contributed by atoms with E-state index in [0.717, 1.165) is 16.8 Å². The molecule has 2 aromatic carbocycles. The van der Waals surface area contributed by atoms with Crippen LogP contribution in [-0.2, 0) is 10.0 Å². The summed E-state index contributed by atoms with van der Waals surface area (Å²) in [5.74, 6) is -0.460. The summed E-state index contributed by atoms with van der Waals surface area (Å²) in [7, 11) is -3.47. The standard InChI is InChI=1S/C21H27FN4O3S/c1-16-13-17(2)15-19(14-16)24-21(27)23-7-12-30(28,29)26-10-8-25(9-11-26)20-5-3-18(22)4-6-20/h3-6,13-15H,7-12H2,1-2H3,(H2,23,24,27). The molecule has 1 fully saturated rings. The molecule has 30 heavy (non-hydrogen) atoms. The van der Waals surface area contributed by atoms with Gasteiger partial charge in [-0.25, -0.2) is 17.6 Å². The predicted octanol–water partition coefficient (Wildman–Crippen LogP) is 2.72. The van der Waals surface area contributed by atoms with Gasteiger partial charge in [-0.3, -0.25) is 0 Å². The number of carbonyl (C=O) groups excluding carboxylic acids is 1. The Hall–Kier alpha value is -2.65. The number of rotatable bonds is 6. The van der Waals surface area contributed by atoms with Crippen LogP contribution in [0.4, 0.5) is 20.6 Å². The second-order valence-corrected chi connectivity index (χ2v) is 9.52. The average molecular weight is 435 g/mol. The van der Waals surface area contributed by atoms with Crippen molar-refractivity contribution in [1.29, 1.82) is 0 Å². The molecule has 0 aromatic heterocycles. The number of nitrogens with one attached hydrogen (secondary N) is 2. The van der Waals surface area contributed by atoms with Crippen LogP contribution in [0.2, 0.25) is 0 Å². The van der Waals surface area contributed by atoms with Gasteiger partial charge in [-0.15, -0.1) is 0 Å². The van der Waals surface area contributed by atoms with E-state index in [1.54, 1.807) is 12.1 Å². The number of aryl methyl sites for hydroxylation is 2. The Labute approximate surface area is 176 Å². The van der Waals surface area contributed by atoms with Crippen molar-refractivity contribution >= 4 is 27.4 Å². The first-order valence-electron chi connectivity index (χ1n) is 9.84. The van der Waals surface area contributed by atoms with Gasteiger partial charge >= 0.3 is 6.03 Å². The maximum absolute atomic E-state index is 13.1. The molecule has 7 nitrogen and oxygen atoms in total. The maximum Gasteiger partial charge on any atom is 0.319 e. The number of benzene rings is 2. The van der Waals surface area contributed by atoms with Crippen LogP contribution >= 0.6 is 0 Å². The molecule has 0 aliphatic carbocycles. The van der Waals surface area contributed by atoms with Crippen molar-refractivity contribution in [3.8, 4) is 0 Å². The first kappa shape index (κ1) is 22.0. The van der Waals surface area contributed by atoms with Crippen LogP contribution in [0, 0.1) is 19.7 Å². The topological polar surface area (TPSA) is 81.8 Å². The molecular weight excluding hydrogens is 407 g/mol. The van der Waals surface area contributed by atoms with E-state index in [-0.39, 0.29) is 18.1 Å². The van der Waals surface area contributed by atoms with Crippen molar-refractivity contribution in [3.63, 3.8) is 0 Å². The molecule has 0 spiro atoms. The van der Waals surface area contributed by atoms with E-state index in [4.69, 9.17) is 0 Å². The van der Waals surface area contributed by atoms with Gasteiger partial charge < -0.3 is 15.5 Å². The van der Waals surface area contributed by atoms with Crippen molar-refractivity contribution in [2.24, 2.45) is 0 Å². The quantitative estimate of drug-likeness (QED) is 0.733. The Morgan fingerprint density at radius 1 is 1.00 bits per heavy atom. The van der Waals surface area contributed by atoms with Gasteiger partial charge in [-0.1, -0.05) is 6.07 Å². The van der Waals surface area contributed by atoms with E-state index < -0.39 is 16.1 Å². The SMILES string of the molecule is Cc1cc(C)cc(NC(=O)NCCS(=O)(=O)N2CCN(c3ccc(F)cc3)CC2)c1. The second-order valence-electron chi connectivity index (χ2n) is 7.44. The van der Waals surface area contributed by atoms with E-state index in [1.807, 2.05) is 36.9 Å². The fourth-order valence-electron chi connectivity index (χ4n) is 3.52. The smallest absolute Gasteiger partial charge is 0.319 e. The van der Waals surface area contributed by atoms with Crippen LogP contribution in [0.3, 0.4) is 0 Å². The molecular formula is C21H27FN4O3S. The van der Waals surface area contributed by atoms with Gasteiger partial charge in [0.15, 0.2) is 0 Å². The number of nitrogens with zero attached hydrogens (tertiary/aromatic N) is 2. The van der Waals surface area contributed by atoms with Crippen LogP contribution in [0.1, 0.15) is 11.1 Å². The summed E-state index contributed by atoms with van der Waals surface area (Å²) in [6.45, 7) is 5.69. The third kappa shape index (κ3) is 5.93. The lowest BCUT2D eigenvalue weighted by Crippen LogP contribution is -2.50. The van der Waals surface area contributed by atoms with Crippen LogP contribution in [0.15, 0.2) is 42.5 Å². The number of amides is 2. The zero-order valence-electron chi connectivity index (χ0n) is 17.2. The zero-order chi connectivity index (χ0) is 21.7. The number of hydrogen-bond acceptors (Lipinski definition) is 4. The second kappa shape index (κ2) is 9.44. The number of piperazine rings is 1. The number of sulfonamides is 1. The molecule has 3 rings (SSSR count). The first-order valence-corrected chi connectivity index (χ1v) is 11.5. The number of anilines is 2. The monoisotopic (exact) mass is 434 g/mol. The Kier molecular flexibility index (Phi) is 6.94. The largest absolute Gasteiger partial charge is 0.369 e. The van der Waals surface area contributed by atoms with Crippen LogP contribution in [-0.4, -0.2) is 57.2 Å². The van der Waals surface area contributed by atoms with Crippen molar-refractivity contribution in [2.75, 3.05) is 48.7 Å². The van der Waals surface area contributed by atoms with Gasteiger partial charge in [0, 0.05) is 44.1 Å². The Morgan fingerprint density at radius 2 is 1.60 bits per heavy atom. The molecule has 0 atom stereocenters. The highest BCUT2D eigenvalue weighted by Crippen LogP contribution is 2.18. The molecule has 1 heterocycles. The van der Waals surface area contributed by atoms with Crippen molar-refractivity contribution in [1.82, 2.24) is 9.62 Å². The molecule has 1 saturated heterocycles. The van der Waals surface area contributed by atoms with Crippen LogP contribution in [0.25, 0.3) is 0 Å². The van der Waals surface area contributed by atoms with Gasteiger partial charge in [0.2, 0.25) is 10.0 Å². The highest BCUT2D eigenvalue weighted by Gasteiger charge is 2.26. The van der Waals surface area contributed by atoms with Crippen LogP contribution in [0.5, 0.6) is 0 Å². The molecule has 2 N–H and O–H groups in total.